The summed E-state index contributed by atoms with van der Waals surface area (Å²) >= 11 is 1.14. The Balaban J connectivity index is 1.66. The Morgan fingerprint density at radius 3 is 2.47 bits per heavy atom. The van der Waals surface area contributed by atoms with E-state index in [1.54, 1.807) is 26.8 Å². The quantitative estimate of drug-likeness (QED) is 0.627. The zero-order valence-electron chi connectivity index (χ0n) is 20.2. The average Bonchev–Trinajstić information content (AvgIpc) is 3.24. The van der Waals surface area contributed by atoms with E-state index in [2.05, 4.69) is 10.3 Å². The van der Waals surface area contributed by atoms with Crippen LogP contribution in [0.25, 0.3) is 0 Å². The molecular formula is C25H28FN3O5S2. The maximum atomic E-state index is 14.8. The van der Waals surface area contributed by atoms with E-state index < -0.39 is 45.3 Å². The molecule has 11 heteroatoms. The molecule has 2 amide bonds. The highest BCUT2D eigenvalue weighted by atomic mass is 32.2. The average molecular weight is 534 g/mol. The van der Waals surface area contributed by atoms with Gasteiger partial charge in [0.2, 0.25) is 0 Å². The molecule has 4 rings (SSSR count). The number of para-hydroxylation sites is 1. The van der Waals surface area contributed by atoms with Crippen molar-refractivity contribution in [3.8, 4) is 0 Å². The number of aliphatic imine (C=N–C) groups is 1. The number of amides is 2. The van der Waals surface area contributed by atoms with Crippen molar-refractivity contribution in [2.75, 3.05) is 16.4 Å². The fraction of sp³-hybridized carbons (Fsp3) is 0.400. The Kier molecular flexibility index (Phi) is 7.42. The summed E-state index contributed by atoms with van der Waals surface area (Å²) in [5.74, 6) is -1.42. The van der Waals surface area contributed by atoms with Crippen LogP contribution in [0, 0.1) is 5.82 Å². The fourth-order valence-electron chi connectivity index (χ4n) is 4.17. The van der Waals surface area contributed by atoms with E-state index in [0.29, 0.717) is 0 Å². The van der Waals surface area contributed by atoms with Gasteiger partial charge in [-0.1, -0.05) is 54.2 Å². The summed E-state index contributed by atoms with van der Waals surface area (Å²) in [4.78, 5) is 31.7. The van der Waals surface area contributed by atoms with Gasteiger partial charge in [0.15, 0.2) is 15.0 Å². The van der Waals surface area contributed by atoms with Crippen molar-refractivity contribution >= 4 is 44.5 Å². The minimum atomic E-state index is -3.30. The third-order valence-electron chi connectivity index (χ3n) is 5.66. The number of nitrogens with one attached hydrogen (secondary N) is 1. The summed E-state index contributed by atoms with van der Waals surface area (Å²) in [6.45, 7) is 5.15. The van der Waals surface area contributed by atoms with Gasteiger partial charge < -0.3 is 15.0 Å². The van der Waals surface area contributed by atoms with Crippen LogP contribution in [-0.4, -0.2) is 60.0 Å². The molecule has 0 spiro atoms. The van der Waals surface area contributed by atoms with Crippen LogP contribution >= 0.6 is 11.8 Å². The van der Waals surface area contributed by atoms with E-state index in [0.717, 1.165) is 17.3 Å². The van der Waals surface area contributed by atoms with Crippen LogP contribution in [-0.2, 0) is 25.8 Å². The lowest BCUT2D eigenvalue weighted by atomic mass is 10.1. The van der Waals surface area contributed by atoms with Crippen LogP contribution in [0.15, 0.2) is 59.6 Å². The summed E-state index contributed by atoms with van der Waals surface area (Å²) < 4.78 is 44.7. The highest BCUT2D eigenvalue weighted by Gasteiger charge is 2.50. The van der Waals surface area contributed by atoms with E-state index in [1.165, 1.54) is 23.1 Å². The first-order valence-corrected chi connectivity index (χ1v) is 14.2. The first-order chi connectivity index (χ1) is 16.9. The van der Waals surface area contributed by atoms with Gasteiger partial charge in [0.05, 0.1) is 23.2 Å². The van der Waals surface area contributed by atoms with Gasteiger partial charge in [-0.3, -0.25) is 4.79 Å². The lowest BCUT2D eigenvalue weighted by molar-refractivity contribution is -0.119. The van der Waals surface area contributed by atoms with Crippen molar-refractivity contribution in [3.63, 3.8) is 0 Å². The molecule has 0 aromatic heterocycles. The zero-order valence-corrected chi connectivity index (χ0v) is 21.8. The van der Waals surface area contributed by atoms with Crippen molar-refractivity contribution in [1.82, 2.24) is 5.32 Å². The lowest BCUT2D eigenvalue weighted by Crippen LogP contribution is -2.45. The highest BCUT2D eigenvalue weighted by Crippen LogP contribution is 2.41. The number of amidine groups is 1. The van der Waals surface area contributed by atoms with Gasteiger partial charge in [0, 0.05) is 11.7 Å². The minimum absolute atomic E-state index is 0.0793. The van der Waals surface area contributed by atoms with Crippen LogP contribution < -0.4 is 10.2 Å². The van der Waals surface area contributed by atoms with Gasteiger partial charge in [-0.05, 0) is 38.5 Å². The number of anilines is 1. The summed E-state index contributed by atoms with van der Waals surface area (Å²) in [6.07, 6.45) is -0.591. The molecule has 0 radical (unpaired) electrons. The number of halogens is 1. The molecule has 8 nitrogen and oxygen atoms in total. The molecule has 192 valence electrons. The Morgan fingerprint density at radius 1 is 1.14 bits per heavy atom. The monoisotopic (exact) mass is 533 g/mol. The van der Waals surface area contributed by atoms with Gasteiger partial charge in [-0.25, -0.2) is 17.6 Å². The third kappa shape index (κ3) is 6.25. The Bertz CT molecular complexity index is 1280. The molecule has 0 aliphatic carbocycles. The van der Waals surface area contributed by atoms with Gasteiger partial charge in [-0.15, -0.1) is 0 Å². The predicted octanol–water partition coefficient (Wildman–Crippen LogP) is 3.56. The number of nitrogens with zero attached hydrogens (tertiary/aromatic N) is 2. The molecule has 2 heterocycles. The lowest BCUT2D eigenvalue weighted by Gasteiger charge is -2.25. The second-order valence-electron chi connectivity index (χ2n) is 9.74. The summed E-state index contributed by atoms with van der Waals surface area (Å²) in [7, 11) is -3.30. The summed E-state index contributed by atoms with van der Waals surface area (Å²) in [5.41, 5.74) is 0.198. The molecule has 0 bridgehead atoms. The summed E-state index contributed by atoms with van der Waals surface area (Å²) in [5, 5.41) is 2.44. The van der Waals surface area contributed by atoms with Gasteiger partial charge >= 0.3 is 6.09 Å². The van der Waals surface area contributed by atoms with Gasteiger partial charge in [0.1, 0.15) is 17.5 Å². The first-order valence-electron chi connectivity index (χ1n) is 11.5. The maximum Gasteiger partial charge on any atom is 0.408 e. The number of hydrogen-bond acceptors (Lipinski definition) is 6. The molecule has 1 N–H and O–H groups in total. The van der Waals surface area contributed by atoms with Crippen molar-refractivity contribution in [2.24, 2.45) is 4.99 Å². The maximum absolute atomic E-state index is 14.8. The van der Waals surface area contributed by atoms with E-state index >= 15 is 0 Å². The molecule has 0 saturated carbocycles. The molecule has 0 unspecified atom stereocenters. The number of carbonyl (C=O) groups is 2. The molecular weight excluding hydrogens is 505 g/mol. The van der Waals surface area contributed by atoms with Gasteiger partial charge in [0.25, 0.3) is 5.91 Å². The van der Waals surface area contributed by atoms with Crippen LogP contribution in [0.4, 0.5) is 14.9 Å². The van der Waals surface area contributed by atoms with E-state index in [9.17, 15) is 22.4 Å². The van der Waals surface area contributed by atoms with Crippen molar-refractivity contribution in [2.45, 2.75) is 50.1 Å². The van der Waals surface area contributed by atoms with E-state index in [4.69, 9.17) is 4.74 Å². The number of fused-ring (bicyclic) bond motifs is 1. The van der Waals surface area contributed by atoms with Crippen LogP contribution in [0.2, 0.25) is 0 Å². The number of rotatable bonds is 5. The second kappa shape index (κ2) is 10.2. The smallest absolute Gasteiger partial charge is 0.408 e. The number of benzene rings is 2. The molecule has 36 heavy (non-hydrogen) atoms. The van der Waals surface area contributed by atoms with E-state index in [-0.39, 0.29) is 34.0 Å². The van der Waals surface area contributed by atoms with Crippen LogP contribution in [0.1, 0.15) is 26.3 Å². The molecule has 2 aliphatic heterocycles. The number of alkyl carbamates (subject to hydrolysis) is 1. The Labute approximate surface area is 214 Å². The third-order valence-corrected chi connectivity index (χ3v) is 8.87. The zero-order chi connectivity index (χ0) is 26.1. The van der Waals surface area contributed by atoms with Crippen LogP contribution in [0.5, 0.6) is 0 Å². The minimum Gasteiger partial charge on any atom is -0.444 e. The predicted molar refractivity (Wildman–Crippen MR) is 138 cm³/mol. The Hall–Kier alpha value is -2.92. The number of sulfone groups is 1. The van der Waals surface area contributed by atoms with E-state index in [1.807, 2.05) is 30.3 Å². The largest absolute Gasteiger partial charge is 0.444 e. The molecule has 2 aromatic rings. The highest BCUT2D eigenvalue weighted by molar-refractivity contribution is 8.16. The summed E-state index contributed by atoms with van der Waals surface area (Å²) in [6, 6.07) is 13.5. The fourth-order valence-corrected chi connectivity index (χ4v) is 8.08. The van der Waals surface area contributed by atoms with Gasteiger partial charge in [-0.2, -0.15) is 4.99 Å². The molecule has 2 saturated heterocycles. The molecule has 2 aliphatic rings. The van der Waals surface area contributed by atoms with Crippen molar-refractivity contribution < 1.29 is 27.1 Å². The molecule has 2 aromatic carbocycles. The van der Waals surface area contributed by atoms with Crippen molar-refractivity contribution in [1.29, 1.82) is 0 Å². The second-order valence-corrected chi connectivity index (χ2v) is 13.1. The van der Waals surface area contributed by atoms with Crippen molar-refractivity contribution in [3.05, 3.63) is 66.0 Å². The molecule has 2 fully saturated rings. The normalized spacial score (nSPS) is 22.8. The number of carbonyl (C=O) groups excluding carboxylic acids is 2. The number of thioether (sulfide) groups is 1. The number of hydrogen-bond donors (Lipinski definition) is 1. The van der Waals surface area contributed by atoms with Crippen LogP contribution in [0.3, 0.4) is 0 Å². The molecule has 3 atom stereocenters. The SMILES string of the molecule is CC(C)(C)OC(=O)N[C@@H](Cc1ccccc1)C(=O)N=C1S[C@H]2CS(=O)(=O)C[C@H]2N1c1ccccc1F. The number of ether oxygens (including phenoxy) is 1. The standard InChI is InChI=1S/C25H28FN3O5S2/c1-25(2,3)34-24(31)27-18(13-16-9-5-4-6-10-16)22(30)28-23-29(19-12-8-7-11-17(19)26)20-14-36(32,33)15-21(20)35-23/h4-12,18,20-21H,13-15H2,1-3H3,(H,27,31)/t18-,20+,21-/m0/s1. The topological polar surface area (TPSA) is 105 Å². The Morgan fingerprint density at radius 2 is 1.81 bits per heavy atom. The first kappa shape index (κ1) is 26.2.